The summed E-state index contributed by atoms with van der Waals surface area (Å²) in [5, 5.41) is 7.50. The number of pyridine rings is 1. The topological polar surface area (TPSA) is 73.1 Å². The zero-order valence-corrected chi connectivity index (χ0v) is 12.4. The van der Waals surface area contributed by atoms with Gasteiger partial charge in [-0.25, -0.2) is 4.98 Å². The number of hydrogen-bond donors (Lipinski definition) is 1. The van der Waals surface area contributed by atoms with Crippen LogP contribution < -0.4 is 10.1 Å². The van der Waals surface area contributed by atoms with Crippen molar-refractivity contribution in [1.82, 2.24) is 20.4 Å². The average molecular weight is 288 g/mol. The fourth-order valence-corrected chi connectivity index (χ4v) is 2.63. The van der Waals surface area contributed by atoms with Crippen LogP contribution in [0.5, 0.6) is 5.88 Å². The van der Waals surface area contributed by atoms with E-state index >= 15 is 0 Å². The molecule has 0 saturated carbocycles. The Labute approximate surface area is 123 Å². The van der Waals surface area contributed by atoms with Crippen molar-refractivity contribution in [3.05, 3.63) is 35.6 Å². The molecule has 6 heteroatoms. The van der Waals surface area contributed by atoms with Gasteiger partial charge in [0, 0.05) is 25.2 Å². The molecule has 1 aliphatic rings. The van der Waals surface area contributed by atoms with Gasteiger partial charge in [0.1, 0.15) is 0 Å². The van der Waals surface area contributed by atoms with Crippen LogP contribution in [0.1, 0.15) is 37.0 Å². The number of nitrogens with one attached hydrogen (secondary N) is 1. The van der Waals surface area contributed by atoms with E-state index in [1.54, 1.807) is 13.3 Å². The summed E-state index contributed by atoms with van der Waals surface area (Å²) in [4.78, 5) is 8.75. The number of nitrogens with zero attached hydrogens (tertiary/aromatic N) is 3. The first-order valence-electron chi connectivity index (χ1n) is 7.22. The largest absolute Gasteiger partial charge is 0.481 e. The smallest absolute Gasteiger partial charge is 0.233 e. The van der Waals surface area contributed by atoms with E-state index in [9.17, 15) is 0 Å². The van der Waals surface area contributed by atoms with Crippen LogP contribution in [0.4, 0.5) is 0 Å². The second-order valence-electron chi connectivity index (χ2n) is 5.74. The van der Waals surface area contributed by atoms with Crippen LogP contribution in [0.2, 0.25) is 0 Å². The highest BCUT2D eigenvalue weighted by Gasteiger charge is 2.34. The Balaban J connectivity index is 1.72. The summed E-state index contributed by atoms with van der Waals surface area (Å²) < 4.78 is 10.5. The molecule has 2 aromatic rings. The molecule has 0 aliphatic carbocycles. The molecular formula is C15H20N4O2. The number of methoxy groups -OCH3 is 1. The van der Waals surface area contributed by atoms with Gasteiger partial charge >= 0.3 is 0 Å². The van der Waals surface area contributed by atoms with Crippen molar-refractivity contribution in [2.75, 3.05) is 20.2 Å². The number of rotatable bonds is 4. The molecule has 0 radical (unpaired) electrons. The van der Waals surface area contributed by atoms with Crippen LogP contribution in [0.15, 0.2) is 22.9 Å². The number of piperidine rings is 1. The predicted octanol–water partition coefficient (Wildman–Crippen LogP) is 1.71. The summed E-state index contributed by atoms with van der Waals surface area (Å²) in [7, 11) is 1.60. The molecule has 6 nitrogen and oxygen atoms in total. The Kier molecular flexibility index (Phi) is 3.88. The van der Waals surface area contributed by atoms with Gasteiger partial charge in [0.25, 0.3) is 0 Å². The van der Waals surface area contributed by atoms with E-state index < -0.39 is 0 Å². The summed E-state index contributed by atoms with van der Waals surface area (Å²) in [5.41, 5.74) is 0.983. The summed E-state index contributed by atoms with van der Waals surface area (Å²) in [6.45, 7) is 4.12. The highest BCUT2D eigenvalue weighted by Crippen LogP contribution is 2.29. The minimum Gasteiger partial charge on any atom is -0.481 e. The third kappa shape index (κ3) is 3.05. The molecule has 0 aromatic carbocycles. The fourth-order valence-electron chi connectivity index (χ4n) is 2.63. The van der Waals surface area contributed by atoms with Crippen molar-refractivity contribution in [3.8, 4) is 5.88 Å². The fraction of sp³-hybridized carbons (Fsp3) is 0.533. The highest BCUT2D eigenvalue weighted by atomic mass is 16.5. The van der Waals surface area contributed by atoms with E-state index in [0.717, 1.165) is 37.4 Å². The van der Waals surface area contributed by atoms with E-state index in [-0.39, 0.29) is 5.41 Å². The van der Waals surface area contributed by atoms with Crippen LogP contribution >= 0.6 is 0 Å². The van der Waals surface area contributed by atoms with Gasteiger partial charge in [-0.3, -0.25) is 0 Å². The summed E-state index contributed by atoms with van der Waals surface area (Å²) >= 11 is 0. The Morgan fingerprint density at radius 1 is 1.43 bits per heavy atom. The molecule has 1 atom stereocenters. The Morgan fingerprint density at radius 2 is 2.33 bits per heavy atom. The molecule has 2 aromatic heterocycles. The lowest BCUT2D eigenvalue weighted by Gasteiger charge is -2.30. The molecule has 21 heavy (non-hydrogen) atoms. The minimum absolute atomic E-state index is 0.0539. The monoisotopic (exact) mass is 288 g/mol. The molecule has 1 fully saturated rings. The quantitative estimate of drug-likeness (QED) is 0.923. The van der Waals surface area contributed by atoms with Gasteiger partial charge in [-0.15, -0.1) is 0 Å². The lowest BCUT2D eigenvalue weighted by molar-refractivity contribution is 0.245. The minimum atomic E-state index is -0.0539. The third-order valence-corrected chi connectivity index (χ3v) is 3.95. The van der Waals surface area contributed by atoms with Gasteiger partial charge in [-0.05, 0) is 31.9 Å². The van der Waals surface area contributed by atoms with Crippen LogP contribution in [-0.4, -0.2) is 35.3 Å². The maximum atomic E-state index is 5.48. The van der Waals surface area contributed by atoms with Gasteiger partial charge in [0.15, 0.2) is 5.82 Å². The molecule has 3 rings (SSSR count). The molecule has 112 valence electrons. The first kappa shape index (κ1) is 14.0. The van der Waals surface area contributed by atoms with Gasteiger partial charge in [-0.2, -0.15) is 4.98 Å². The first-order valence-corrected chi connectivity index (χ1v) is 7.22. The van der Waals surface area contributed by atoms with Crippen molar-refractivity contribution in [3.63, 3.8) is 0 Å². The van der Waals surface area contributed by atoms with Gasteiger partial charge < -0.3 is 14.6 Å². The maximum Gasteiger partial charge on any atom is 0.233 e. The zero-order valence-electron chi connectivity index (χ0n) is 12.4. The van der Waals surface area contributed by atoms with E-state index in [2.05, 4.69) is 27.4 Å². The maximum absolute atomic E-state index is 5.48. The van der Waals surface area contributed by atoms with Crippen molar-refractivity contribution >= 4 is 0 Å². The number of hydrogen-bond acceptors (Lipinski definition) is 6. The van der Waals surface area contributed by atoms with E-state index in [4.69, 9.17) is 9.26 Å². The predicted molar refractivity (Wildman–Crippen MR) is 77.3 cm³/mol. The molecule has 0 amide bonds. The molecule has 3 heterocycles. The zero-order chi connectivity index (χ0) is 14.7. The molecule has 0 bridgehead atoms. The molecule has 1 saturated heterocycles. The molecule has 1 N–H and O–H groups in total. The molecule has 1 aliphatic heterocycles. The lowest BCUT2D eigenvalue weighted by Crippen LogP contribution is -2.41. The third-order valence-electron chi connectivity index (χ3n) is 3.95. The number of aromatic nitrogens is 3. The second kappa shape index (κ2) is 5.81. The van der Waals surface area contributed by atoms with Crippen LogP contribution in [0.3, 0.4) is 0 Å². The molecule has 0 spiro atoms. The Morgan fingerprint density at radius 3 is 3.00 bits per heavy atom. The number of ether oxygens (including phenoxy) is 1. The second-order valence-corrected chi connectivity index (χ2v) is 5.74. The average Bonchev–Trinajstić information content (AvgIpc) is 2.98. The highest BCUT2D eigenvalue weighted by molar-refractivity contribution is 5.20. The molecular weight excluding hydrogens is 268 g/mol. The van der Waals surface area contributed by atoms with Crippen molar-refractivity contribution in [2.45, 2.75) is 31.6 Å². The van der Waals surface area contributed by atoms with Crippen LogP contribution in [0, 0.1) is 0 Å². The standard InChI is InChI=1S/C15H20N4O2/c1-15(6-3-7-16-10-15)14-18-12(19-21-14)8-11-4-5-13(20-2)17-9-11/h4-5,9,16H,3,6-8,10H2,1-2H3. The Hall–Kier alpha value is -1.95. The van der Waals surface area contributed by atoms with E-state index in [0.29, 0.717) is 18.1 Å². The van der Waals surface area contributed by atoms with Crippen molar-refractivity contribution < 1.29 is 9.26 Å². The summed E-state index contributed by atoms with van der Waals surface area (Å²) in [6.07, 6.45) is 4.60. The van der Waals surface area contributed by atoms with E-state index in [1.165, 1.54) is 0 Å². The van der Waals surface area contributed by atoms with Gasteiger partial charge in [-0.1, -0.05) is 11.2 Å². The molecule has 1 unspecified atom stereocenters. The van der Waals surface area contributed by atoms with Crippen LogP contribution in [0.25, 0.3) is 0 Å². The van der Waals surface area contributed by atoms with E-state index in [1.807, 2.05) is 12.1 Å². The SMILES string of the molecule is COc1ccc(Cc2noc(C3(C)CCCNC3)n2)cn1. The van der Waals surface area contributed by atoms with Crippen molar-refractivity contribution in [1.29, 1.82) is 0 Å². The van der Waals surface area contributed by atoms with Gasteiger partial charge in [0.05, 0.1) is 12.5 Å². The summed E-state index contributed by atoms with van der Waals surface area (Å²) in [6, 6.07) is 3.80. The normalized spacial score (nSPS) is 22.2. The summed E-state index contributed by atoms with van der Waals surface area (Å²) in [5.74, 6) is 2.03. The van der Waals surface area contributed by atoms with Crippen molar-refractivity contribution in [2.24, 2.45) is 0 Å². The van der Waals surface area contributed by atoms with Gasteiger partial charge in [0.2, 0.25) is 11.8 Å². The van der Waals surface area contributed by atoms with Crippen LogP contribution in [-0.2, 0) is 11.8 Å². The Bertz CT molecular complexity index is 588. The first-order chi connectivity index (χ1) is 10.2. The lowest BCUT2D eigenvalue weighted by atomic mass is 9.83.